The summed E-state index contributed by atoms with van der Waals surface area (Å²) < 4.78 is 5.30. The molecule has 152 valence electrons. The van der Waals surface area contributed by atoms with Crippen molar-refractivity contribution >= 4 is 22.7 Å². The van der Waals surface area contributed by atoms with Crippen LogP contribution in [0.5, 0.6) is 5.75 Å². The molecule has 6 heteroatoms. The van der Waals surface area contributed by atoms with Gasteiger partial charge in [-0.25, -0.2) is 0 Å². The van der Waals surface area contributed by atoms with Crippen LogP contribution in [0.1, 0.15) is 28.4 Å². The van der Waals surface area contributed by atoms with Gasteiger partial charge in [-0.2, -0.15) is 0 Å². The van der Waals surface area contributed by atoms with Crippen molar-refractivity contribution in [3.8, 4) is 5.75 Å². The lowest BCUT2D eigenvalue weighted by Crippen LogP contribution is -2.31. The molecule has 0 atom stereocenters. The highest BCUT2D eigenvalue weighted by atomic mass is 16.5. The van der Waals surface area contributed by atoms with Crippen LogP contribution in [0.25, 0.3) is 10.9 Å². The smallest absolute Gasteiger partial charge is 0.253 e. The Kier molecular flexibility index (Phi) is 6.22. The van der Waals surface area contributed by atoms with Crippen molar-refractivity contribution in [2.75, 3.05) is 27.7 Å². The van der Waals surface area contributed by atoms with Gasteiger partial charge >= 0.3 is 0 Å². The highest BCUT2D eigenvalue weighted by Gasteiger charge is 2.16. The van der Waals surface area contributed by atoms with Gasteiger partial charge in [0.2, 0.25) is 5.91 Å². The third kappa shape index (κ3) is 4.59. The fraction of sp³-hybridized carbons (Fsp3) is 0.304. The molecule has 0 saturated carbocycles. The molecule has 0 aliphatic carbocycles. The Balaban J connectivity index is 1.72. The first-order valence-electron chi connectivity index (χ1n) is 9.65. The first-order chi connectivity index (χ1) is 13.9. The van der Waals surface area contributed by atoms with Crippen molar-refractivity contribution in [1.82, 2.24) is 14.8 Å². The quantitative estimate of drug-likeness (QED) is 0.668. The van der Waals surface area contributed by atoms with Gasteiger partial charge in [0.1, 0.15) is 5.75 Å². The number of ether oxygens (including phenoxy) is 1. The summed E-state index contributed by atoms with van der Waals surface area (Å²) in [5.41, 5.74) is 3.57. The van der Waals surface area contributed by atoms with Crippen LogP contribution in [0.15, 0.2) is 48.7 Å². The predicted octanol–water partition coefficient (Wildman–Crippen LogP) is 3.47. The Labute approximate surface area is 171 Å². The Morgan fingerprint density at radius 1 is 1.07 bits per heavy atom. The van der Waals surface area contributed by atoms with Crippen molar-refractivity contribution in [1.29, 1.82) is 0 Å². The highest BCUT2D eigenvalue weighted by Crippen LogP contribution is 2.24. The zero-order chi connectivity index (χ0) is 21.0. The van der Waals surface area contributed by atoms with E-state index in [1.165, 1.54) is 0 Å². The number of aromatic nitrogens is 1. The van der Waals surface area contributed by atoms with E-state index in [0.29, 0.717) is 25.1 Å². The molecule has 1 N–H and O–H groups in total. The van der Waals surface area contributed by atoms with Crippen molar-refractivity contribution in [2.45, 2.75) is 19.9 Å². The highest BCUT2D eigenvalue weighted by molar-refractivity contribution is 5.94. The van der Waals surface area contributed by atoms with E-state index >= 15 is 0 Å². The lowest BCUT2D eigenvalue weighted by molar-refractivity contribution is -0.130. The van der Waals surface area contributed by atoms with Crippen LogP contribution in [-0.4, -0.2) is 54.3 Å². The SMILES string of the molecule is CCN(Cc1ccc(C(=O)N(C)C)cc1)C(=O)Cc1c[nH]c2ccc(OC)cc12. The minimum absolute atomic E-state index is 0.0326. The number of aromatic amines is 1. The van der Waals surface area contributed by atoms with E-state index in [0.717, 1.165) is 27.8 Å². The zero-order valence-corrected chi connectivity index (χ0v) is 17.4. The van der Waals surface area contributed by atoms with E-state index in [9.17, 15) is 9.59 Å². The van der Waals surface area contributed by atoms with E-state index in [2.05, 4.69) is 4.98 Å². The largest absolute Gasteiger partial charge is 0.497 e. The number of carbonyl (C=O) groups is 2. The van der Waals surface area contributed by atoms with Crippen molar-refractivity contribution < 1.29 is 14.3 Å². The Hall–Kier alpha value is -3.28. The minimum atomic E-state index is -0.0326. The van der Waals surface area contributed by atoms with Gasteiger partial charge in [-0.3, -0.25) is 9.59 Å². The second-order valence-corrected chi connectivity index (χ2v) is 7.21. The molecule has 0 saturated heterocycles. The number of nitrogens with one attached hydrogen (secondary N) is 1. The number of hydrogen-bond acceptors (Lipinski definition) is 3. The molecule has 0 fully saturated rings. The molecular weight excluding hydrogens is 366 g/mol. The summed E-state index contributed by atoms with van der Waals surface area (Å²) >= 11 is 0. The van der Waals surface area contributed by atoms with Crippen molar-refractivity contribution in [2.24, 2.45) is 0 Å². The molecule has 3 rings (SSSR count). The molecule has 29 heavy (non-hydrogen) atoms. The third-order valence-corrected chi connectivity index (χ3v) is 5.03. The van der Waals surface area contributed by atoms with E-state index < -0.39 is 0 Å². The van der Waals surface area contributed by atoms with Crippen LogP contribution in [0.3, 0.4) is 0 Å². The average molecular weight is 393 g/mol. The van der Waals surface area contributed by atoms with Gasteiger partial charge < -0.3 is 19.5 Å². The summed E-state index contributed by atoms with van der Waals surface area (Å²) in [4.78, 5) is 31.5. The fourth-order valence-corrected chi connectivity index (χ4v) is 3.31. The number of hydrogen-bond donors (Lipinski definition) is 1. The van der Waals surface area contributed by atoms with Gasteiger partial charge in [0.25, 0.3) is 5.91 Å². The molecule has 6 nitrogen and oxygen atoms in total. The molecule has 2 aromatic carbocycles. The Morgan fingerprint density at radius 3 is 2.41 bits per heavy atom. The molecule has 0 aliphatic heterocycles. The fourth-order valence-electron chi connectivity index (χ4n) is 3.31. The number of amides is 2. The van der Waals surface area contributed by atoms with Gasteiger partial charge in [-0.15, -0.1) is 0 Å². The summed E-state index contributed by atoms with van der Waals surface area (Å²) in [5.74, 6) is 0.796. The standard InChI is InChI=1S/C23H27N3O3/c1-5-26(15-16-6-8-17(9-7-16)23(28)25(2)3)22(27)12-18-14-24-21-11-10-19(29-4)13-20(18)21/h6-11,13-14,24H,5,12,15H2,1-4H3. The lowest BCUT2D eigenvalue weighted by Gasteiger charge is -2.21. The molecule has 1 aromatic heterocycles. The van der Waals surface area contributed by atoms with Gasteiger partial charge in [0.05, 0.1) is 13.5 Å². The molecular formula is C23H27N3O3. The number of fused-ring (bicyclic) bond motifs is 1. The number of rotatable bonds is 7. The second-order valence-electron chi connectivity index (χ2n) is 7.21. The maximum atomic E-state index is 12.9. The van der Waals surface area contributed by atoms with Crippen LogP contribution in [0.4, 0.5) is 0 Å². The minimum Gasteiger partial charge on any atom is -0.497 e. The molecule has 0 radical (unpaired) electrons. The summed E-state index contributed by atoms with van der Waals surface area (Å²) in [6.45, 7) is 3.10. The maximum Gasteiger partial charge on any atom is 0.253 e. The monoisotopic (exact) mass is 393 g/mol. The Morgan fingerprint density at radius 2 is 1.79 bits per heavy atom. The molecule has 1 heterocycles. The van der Waals surface area contributed by atoms with Gasteiger partial charge in [-0.05, 0) is 48.4 Å². The molecule has 0 spiro atoms. The summed E-state index contributed by atoms with van der Waals surface area (Å²) in [6, 6.07) is 13.2. The molecule has 2 amide bonds. The van der Waals surface area contributed by atoms with Crippen LogP contribution in [0, 0.1) is 0 Å². The maximum absolute atomic E-state index is 12.9. The van der Waals surface area contributed by atoms with Crippen molar-refractivity contribution in [3.05, 3.63) is 65.4 Å². The topological polar surface area (TPSA) is 65.6 Å². The van der Waals surface area contributed by atoms with Crippen molar-refractivity contribution in [3.63, 3.8) is 0 Å². The average Bonchev–Trinajstić information content (AvgIpc) is 3.13. The van der Waals surface area contributed by atoms with Crippen LogP contribution >= 0.6 is 0 Å². The number of H-pyrrole nitrogens is 1. The summed E-state index contributed by atoms with van der Waals surface area (Å²) in [7, 11) is 5.09. The summed E-state index contributed by atoms with van der Waals surface area (Å²) in [5, 5.41) is 1.00. The van der Waals surface area contributed by atoms with Gasteiger partial charge in [0, 0.05) is 49.8 Å². The van der Waals surface area contributed by atoms with E-state index in [-0.39, 0.29) is 11.8 Å². The Bertz CT molecular complexity index is 1010. The van der Waals surface area contributed by atoms with E-state index in [1.54, 1.807) is 26.1 Å². The zero-order valence-electron chi connectivity index (χ0n) is 17.4. The van der Waals surface area contributed by atoms with Crippen LogP contribution in [0.2, 0.25) is 0 Å². The molecule has 0 bridgehead atoms. The summed E-state index contributed by atoms with van der Waals surface area (Å²) in [6.07, 6.45) is 2.20. The van der Waals surface area contributed by atoms with Gasteiger partial charge in [0.15, 0.2) is 0 Å². The number of likely N-dealkylation sites (N-methyl/N-ethyl adjacent to an activating group) is 1. The number of methoxy groups -OCH3 is 1. The number of benzene rings is 2. The second kappa shape index (κ2) is 8.82. The number of carbonyl (C=O) groups excluding carboxylic acids is 2. The first kappa shape index (κ1) is 20.5. The normalized spacial score (nSPS) is 10.8. The van der Waals surface area contributed by atoms with Crippen LogP contribution in [-0.2, 0) is 17.8 Å². The number of nitrogens with zero attached hydrogens (tertiary/aromatic N) is 2. The van der Waals surface area contributed by atoms with E-state index in [4.69, 9.17) is 4.74 Å². The van der Waals surface area contributed by atoms with Gasteiger partial charge in [-0.1, -0.05) is 12.1 Å². The molecule has 0 aliphatic rings. The third-order valence-electron chi connectivity index (χ3n) is 5.03. The van der Waals surface area contributed by atoms with Crippen LogP contribution < -0.4 is 4.74 Å². The molecule has 3 aromatic rings. The van der Waals surface area contributed by atoms with E-state index in [1.807, 2.05) is 60.5 Å². The lowest BCUT2D eigenvalue weighted by atomic mass is 10.1. The molecule has 0 unspecified atom stereocenters. The first-order valence-corrected chi connectivity index (χ1v) is 9.65. The predicted molar refractivity (Wildman–Crippen MR) is 114 cm³/mol.